The molecule has 0 spiro atoms. The summed E-state index contributed by atoms with van der Waals surface area (Å²) < 4.78 is 31.7. The van der Waals surface area contributed by atoms with Crippen LogP contribution in [0, 0.1) is 0 Å². The Balaban J connectivity index is 0.000000120. The maximum atomic E-state index is 5.29. The Morgan fingerprint density at radius 3 is 0.636 bits per heavy atom. The summed E-state index contributed by atoms with van der Waals surface area (Å²) >= 11 is -2.11. The van der Waals surface area contributed by atoms with Crippen molar-refractivity contribution in [3.05, 3.63) is 0 Å². The number of ether oxygens (including phenoxy) is 6. The molecule has 6 atom stereocenters. The molecule has 0 bridgehead atoms. The Morgan fingerprint density at radius 2 is 0.545 bits per heavy atom. The Labute approximate surface area is 141 Å². The zero-order valence-electron chi connectivity index (χ0n) is 11.2. The molecule has 126 valence electrons. The van der Waals surface area contributed by atoms with E-state index >= 15 is 0 Å². The van der Waals surface area contributed by atoms with Crippen molar-refractivity contribution in [2.75, 3.05) is 39.6 Å². The van der Waals surface area contributed by atoms with Gasteiger partial charge in [0.15, 0.2) is 0 Å². The first-order valence-corrected chi connectivity index (χ1v) is 14.6. The van der Waals surface area contributed by atoms with Crippen molar-refractivity contribution in [1.29, 1.82) is 0 Å². The second-order valence-corrected chi connectivity index (χ2v) is 18.2. The summed E-state index contributed by atoms with van der Waals surface area (Å²) in [6, 6.07) is 0. The topological polar surface area (TPSA) is 75.2 Å². The quantitative estimate of drug-likeness (QED) is 0.427. The third-order valence-corrected chi connectivity index (χ3v) is 17.8. The first kappa shape index (κ1) is 17.7. The molecule has 0 aliphatic carbocycles. The summed E-state index contributed by atoms with van der Waals surface area (Å²) in [5.74, 6) is 0. The molecule has 6 aliphatic rings. The summed E-state index contributed by atoms with van der Waals surface area (Å²) in [5, 5.41) is 0. The molecule has 6 fully saturated rings. The van der Waals surface area contributed by atoms with Crippen LogP contribution in [-0.2, 0) is 28.4 Å². The van der Waals surface area contributed by atoms with Crippen LogP contribution >= 0.6 is 0 Å². The third kappa shape index (κ3) is 4.47. The van der Waals surface area contributed by atoms with Gasteiger partial charge in [-0.2, -0.15) is 0 Å². The van der Waals surface area contributed by atoms with E-state index in [1.165, 1.54) is 0 Å². The molecule has 6 rings (SSSR count). The van der Waals surface area contributed by atoms with Crippen molar-refractivity contribution >= 4 is 28.7 Å². The summed E-state index contributed by atoms with van der Waals surface area (Å²) in [7, 11) is 0. The minimum atomic E-state index is -1.06. The molecule has 0 saturated carbocycles. The van der Waals surface area contributed by atoms with Gasteiger partial charge in [0.2, 0.25) is 0 Å². The van der Waals surface area contributed by atoms with Gasteiger partial charge in [0.05, 0.1) is 0 Å². The summed E-state index contributed by atoms with van der Waals surface area (Å²) in [6.45, 7) is 5.97. The second kappa shape index (κ2) is 6.99. The molecule has 6 aliphatic heterocycles. The van der Waals surface area contributed by atoms with Crippen molar-refractivity contribution in [3.8, 4) is 0 Å². The van der Waals surface area contributed by atoms with E-state index in [-0.39, 0.29) is 14.9 Å². The van der Waals surface area contributed by atoms with Gasteiger partial charge in [-0.25, -0.2) is 0 Å². The van der Waals surface area contributed by atoms with Crippen molar-refractivity contribution in [2.45, 2.75) is 44.5 Å². The first-order chi connectivity index (χ1) is 9.90. The third-order valence-electron chi connectivity index (χ3n) is 4.23. The van der Waals surface area contributed by atoms with Gasteiger partial charge >= 0.3 is 126 Å². The molecule has 6 nitrogen and oxygen atoms in total. The van der Waals surface area contributed by atoms with Crippen LogP contribution in [0.3, 0.4) is 0 Å². The fourth-order valence-corrected chi connectivity index (χ4v) is 14.0. The molecule has 8 heteroatoms. The summed E-state index contributed by atoms with van der Waals surface area (Å²) in [5.41, 5.74) is 0. The van der Waals surface area contributed by atoms with Crippen LogP contribution in [0.1, 0.15) is 14.9 Å². The molecule has 6 saturated heterocycles. The molecule has 6 unspecified atom stereocenters. The normalized spacial score (nSPS) is 45.0. The Morgan fingerprint density at radius 1 is 0.409 bits per heavy atom. The van der Waals surface area contributed by atoms with Crippen molar-refractivity contribution < 1.29 is 28.4 Å². The van der Waals surface area contributed by atoms with Crippen LogP contribution in [0.4, 0.5) is 0 Å². The van der Waals surface area contributed by atoms with Gasteiger partial charge in [-0.15, -0.1) is 0 Å². The van der Waals surface area contributed by atoms with E-state index in [4.69, 9.17) is 28.4 Å². The van der Waals surface area contributed by atoms with Crippen molar-refractivity contribution in [2.24, 2.45) is 0 Å². The van der Waals surface area contributed by atoms with Crippen molar-refractivity contribution in [1.82, 2.24) is 0 Å². The monoisotopic (exact) mass is 438 g/mol. The van der Waals surface area contributed by atoms with Crippen LogP contribution in [0.5, 0.6) is 0 Å². The minimum absolute atomic E-state index is 0. The van der Waals surface area contributed by atoms with Gasteiger partial charge < -0.3 is 0 Å². The molecular formula is C14H26Ge2O6. The van der Waals surface area contributed by atoms with Gasteiger partial charge in [0.1, 0.15) is 0 Å². The molecule has 22 heavy (non-hydrogen) atoms. The Bertz CT molecular complexity index is 282. The average molecular weight is 436 g/mol. The summed E-state index contributed by atoms with van der Waals surface area (Å²) in [4.78, 5) is 3.75. The number of rotatable bonds is 6. The van der Waals surface area contributed by atoms with E-state index in [2.05, 4.69) is 0 Å². The van der Waals surface area contributed by atoms with Gasteiger partial charge in [0, 0.05) is 0 Å². The molecule has 0 amide bonds. The van der Waals surface area contributed by atoms with Gasteiger partial charge in [-0.1, -0.05) is 14.9 Å². The zero-order valence-corrected chi connectivity index (χ0v) is 15.4. The Kier molecular flexibility index (Phi) is 5.61. The molecule has 0 aromatic heterocycles. The number of hydrogen-bond acceptors (Lipinski definition) is 6. The molecule has 0 N–H and O–H groups in total. The van der Waals surface area contributed by atoms with E-state index in [9.17, 15) is 0 Å². The van der Waals surface area contributed by atoms with E-state index in [0.29, 0.717) is 29.6 Å². The van der Waals surface area contributed by atoms with E-state index in [1.807, 2.05) is 0 Å². The predicted octanol–water partition coefficient (Wildman–Crippen LogP) is -0.137. The van der Waals surface area contributed by atoms with Crippen LogP contribution < -0.4 is 0 Å². The van der Waals surface area contributed by atoms with Gasteiger partial charge in [0.25, 0.3) is 0 Å². The van der Waals surface area contributed by atoms with Crippen LogP contribution in [0.2, 0.25) is 0 Å². The predicted molar refractivity (Wildman–Crippen MR) is 83.4 cm³/mol. The fourth-order valence-electron chi connectivity index (χ4n) is 2.69. The van der Waals surface area contributed by atoms with Crippen LogP contribution in [0.15, 0.2) is 0 Å². The standard InChI is InChI=1S/2C6H9GeO3.2CH4/c2*1-4(8-1)7(5-2-9-5)6-3-10-6;;/h2*4-6H,1-3H2;2*1H4. The average Bonchev–Trinajstić information content (AvgIpc) is 3.27. The zero-order chi connectivity index (χ0) is 13.1. The SMILES string of the molecule is C.C.C1O[CH]1[Ge]([CH]1CO1)[CH]1CO1.C1O[CH]1[Ge]([CH]1CO1)[CH]1CO1. The summed E-state index contributed by atoms with van der Waals surface area (Å²) in [6.07, 6.45) is 0. The first-order valence-electron chi connectivity index (χ1n) is 7.33. The van der Waals surface area contributed by atoms with Gasteiger partial charge in [-0.3, -0.25) is 0 Å². The van der Waals surface area contributed by atoms with Gasteiger partial charge in [-0.05, 0) is 0 Å². The molecule has 2 radical (unpaired) electrons. The number of hydrogen-bond donors (Lipinski definition) is 0. The van der Waals surface area contributed by atoms with Crippen LogP contribution in [0.25, 0.3) is 0 Å². The number of epoxide rings is 6. The molecule has 6 heterocycles. The fraction of sp³-hybridized carbons (Fsp3) is 1.00. The van der Waals surface area contributed by atoms with E-state index in [0.717, 1.165) is 39.6 Å². The molecule has 0 aromatic rings. The second-order valence-electron chi connectivity index (χ2n) is 5.93. The molecule has 0 aromatic carbocycles. The Hall–Kier alpha value is 0.846. The van der Waals surface area contributed by atoms with Crippen molar-refractivity contribution in [3.63, 3.8) is 0 Å². The van der Waals surface area contributed by atoms with Crippen LogP contribution in [-0.4, -0.2) is 98.0 Å². The maximum absolute atomic E-state index is 5.29. The van der Waals surface area contributed by atoms with E-state index < -0.39 is 28.7 Å². The van der Waals surface area contributed by atoms with E-state index in [1.54, 1.807) is 0 Å². The molecular weight excluding hydrogens is 409 g/mol.